The third-order valence-corrected chi connectivity index (χ3v) is 5.11. The Labute approximate surface area is 163 Å². The van der Waals surface area contributed by atoms with E-state index in [-0.39, 0.29) is 29.5 Å². The zero-order valence-corrected chi connectivity index (χ0v) is 15.3. The molecule has 1 saturated carbocycles. The van der Waals surface area contributed by atoms with Gasteiger partial charge in [-0.3, -0.25) is 14.3 Å². The fourth-order valence-corrected chi connectivity index (χ4v) is 3.60. The van der Waals surface area contributed by atoms with Crippen molar-refractivity contribution in [3.63, 3.8) is 0 Å². The van der Waals surface area contributed by atoms with Crippen molar-refractivity contribution in [3.8, 4) is 0 Å². The summed E-state index contributed by atoms with van der Waals surface area (Å²) in [6.45, 7) is 0. The first-order valence-electron chi connectivity index (χ1n) is 9.23. The molecule has 29 heavy (non-hydrogen) atoms. The summed E-state index contributed by atoms with van der Waals surface area (Å²) in [6, 6.07) is 5.03. The summed E-state index contributed by atoms with van der Waals surface area (Å²) >= 11 is 0. The van der Waals surface area contributed by atoms with Crippen LogP contribution in [0.4, 0.5) is 24.8 Å². The van der Waals surface area contributed by atoms with Gasteiger partial charge in [-0.15, -0.1) is 0 Å². The first-order chi connectivity index (χ1) is 13.8. The lowest BCUT2D eigenvalue weighted by Crippen LogP contribution is -2.40. The van der Waals surface area contributed by atoms with Crippen LogP contribution in [0.3, 0.4) is 0 Å². The van der Waals surface area contributed by atoms with Gasteiger partial charge in [0.05, 0.1) is 0 Å². The van der Waals surface area contributed by atoms with Crippen LogP contribution in [0.25, 0.3) is 5.65 Å². The Kier molecular flexibility index (Phi) is 4.81. The molecule has 4 rings (SSSR count). The predicted octanol–water partition coefficient (Wildman–Crippen LogP) is 2.81. The molecule has 3 heterocycles. The van der Waals surface area contributed by atoms with E-state index in [1.54, 1.807) is 12.1 Å². The number of aromatic amines is 1. The standard InChI is InChI=1S/C18H20F3N7O/c19-18(20,21)13-9-28-14(2-1-3-15(28)26-13)24-10-4-6-11(7-5-10)25-17(29)12-8-23-27-16(12)22/h1-3,8-11,24H,4-7H2,(H,25,29)(H3,22,23,27). The van der Waals surface area contributed by atoms with Crippen molar-refractivity contribution in [1.82, 2.24) is 24.9 Å². The largest absolute Gasteiger partial charge is 0.434 e. The zero-order valence-electron chi connectivity index (χ0n) is 15.3. The summed E-state index contributed by atoms with van der Waals surface area (Å²) in [5.41, 5.74) is 5.27. The number of halogens is 3. The van der Waals surface area contributed by atoms with Gasteiger partial charge in [0, 0.05) is 24.5 Å². The Balaban J connectivity index is 1.38. The van der Waals surface area contributed by atoms with E-state index in [0.29, 0.717) is 11.4 Å². The SMILES string of the molecule is Nc1n[nH]cc1C(=O)NC1CCC(Nc2cccc3nc(C(F)(F)F)cn23)CC1. The van der Waals surface area contributed by atoms with Gasteiger partial charge in [-0.1, -0.05) is 6.07 Å². The number of alkyl halides is 3. The van der Waals surface area contributed by atoms with E-state index in [1.165, 1.54) is 16.7 Å². The molecule has 0 bridgehead atoms. The van der Waals surface area contributed by atoms with Crippen LogP contribution in [-0.2, 0) is 6.18 Å². The first-order valence-corrected chi connectivity index (χ1v) is 9.23. The molecule has 0 radical (unpaired) electrons. The fraction of sp³-hybridized carbons (Fsp3) is 0.389. The topological polar surface area (TPSA) is 113 Å². The third kappa shape index (κ3) is 3.98. The van der Waals surface area contributed by atoms with Gasteiger partial charge in [-0.2, -0.15) is 18.3 Å². The average Bonchev–Trinajstić information content (AvgIpc) is 3.30. The quantitative estimate of drug-likeness (QED) is 0.531. The van der Waals surface area contributed by atoms with E-state index in [1.807, 2.05) is 0 Å². The maximum absolute atomic E-state index is 12.9. The second-order valence-electron chi connectivity index (χ2n) is 7.11. The first kappa shape index (κ1) is 19.1. The molecule has 0 spiro atoms. The van der Waals surface area contributed by atoms with E-state index >= 15 is 0 Å². The molecule has 154 valence electrons. The summed E-state index contributed by atoms with van der Waals surface area (Å²) in [7, 11) is 0. The third-order valence-electron chi connectivity index (χ3n) is 5.11. The maximum Gasteiger partial charge on any atom is 0.434 e. The second kappa shape index (κ2) is 7.30. The highest BCUT2D eigenvalue weighted by molar-refractivity contribution is 5.98. The number of hydrogen-bond donors (Lipinski definition) is 4. The van der Waals surface area contributed by atoms with Crippen LogP contribution in [0, 0.1) is 0 Å². The molecule has 1 amide bonds. The van der Waals surface area contributed by atoms with Crippen molar-refractivity contribution in [2.45, 2.75) is 43.9 Å². The lowest BCUT2D eigenvalue weighted by molar-refractivity contribution is -0.140. The monoisotopic (exact) mass is 407 g/mol. The predicted molar refractivity (Wildman–Crippen MR) is 100 cm³/mol. The van der Waals surface area contributed by atoms with Gasteiger partial charge in [0.25, 0.3) is 5.91 Å². The molecular formula is C18H20F3N7O. The molecule has 8 nitrogen and oxygen atoms in total. The van der Waals surface area contributed by atoms with E-state index in [4.69, 9.17) is 5.73 Å². The number of aromatic nitrogens is 4. The number of H-pyrrole nitrogens is 1. The van der Waals surface area contributed by atoms with Gasteiger partial charge < -0.3 is 16.4 Å². The van der Waals surface area contributed by atoms with Crippen LogP contribution >= 0.6 is 0 Å². The van der Waals surface area contributed by atoms with Crippen LogP contribution in [-0.4, -0.2) is 37.6 Å². The molecule has 5 N–H and O–H groups in total. The zero-order chi connectivity index (χ0) is 20.6. The van der Waals surface area contributed by atoms with Crippen LogP contribution in [0.5, 0.6) is 0 Å². The Hall–Kier alpha value is -3.24. The van der Waals surface area contributed by atoms with Crippen LogP contribution in [0.15, 0.2) is 30.6 Å². The van der Waals surface area contributed by atoms with Gasteiger partial charge in [-0.25, -0.2) is 4.98 Å². The molecule has 1 aliphatic carbocycles. The number of pyridine rings is 1. The summed E-state index contributed by atoms with van der Waals surface area (Å²) in [5.74, 6) is 0.448. The highest BCUT2D eigenvalue weighted by Gasteiger charge is 2.34. The summed E-state index contributed by atoms with van der Waals surface area (Å²) in [5, 5.41) is 12.5. The number of anilines is 2. The molecule has 0 aliphatic heterocycles. The number of fused-ring (bicyclic) bond motifs is 1. The molecule has 3 aromatic rings. The number of imidazole rings is 1. The van der Waals surface area contributed by atoms with Crippen LogP contribution in [0.2, 0.25) is 0 Å². The average molecular weight is 407 g/mol. The van der Waals surface area contributed by atoms with Gasteiger partial charge in [0.2, 0.25) is 0 Å². The number of carbonyl (C=O) groups is 1. The highest BCUT2D eigenvalue weighted by Crippen LogP contribution is 2.30. The van der Waals surface area contributed by atoms with Crippen molar-refractivity contribution in [2.75, 3.05) is 11.1 Å². The molecular weight excluding hydrogens is 387 g/mol. The Morgan fingerprint density at radius 2 is 1.93 bits per heavy atom. The number of amides is 1. The molecule has 0 aromatic carbocycles. The fourth-order valence-electron chi connectivity index (χ4n) is 3.60. The normalized spacial score (nSPS) is 20.0. The number of nitrogen functional groups attached to an aromatic ring is 1. The molecule has 1 aliphatic rings. The molecule has 3 aromatic heterocycles. The number of hydrogen-bond acceptors (Lipinski definition) is 5. The number of nitrogens with zero attached hydrogens (tertiary/aromatic N) is 3. The molecule has 0 atom stereocenters. The minimum atomic E-state index is -4.49. The lowest BCUT2D eigenvalue weighted by atomic mass is 9.91. The molecule has 0 saturated heterocycles. The highest BCUT2D eigenvalue weighted by atomic mass is 19.4. The van der Waals surface area contributed by atoms with Crippen molar-refractivity contribution < 1.29 is 18.0 Å². The summed E-state index contributed by atoms with van der Waals surface area (Å²) in [4.78, 5) is 15.9. The van der Waals surface area contributed by atoms with Crippen molar-refractivity contribution >= 4 is 23.2 Å². The molecule has 11 heteroatoms. The number of nitrogens with one attached hydrogen (secondary N) is 3. The number of nitrogens with two attached hydrogens (primary N) is 1. The van der Waals surface area contributed by atoms with E-state index in [0.717, 1.165) is 31.9 Å². The van der Waals surface area contributed by atoms with Crippen LogP contribution < -0.4 is 16.4 Å². The van der Waals surface area contributed by atoms with Gasteiger partial charge in [-0.05, 0) is 37.8 Å². The minimum Gasteiger partial charge on any atom is -0.382 e. The Bertz CT molecular complexity index is 1020. The van der Waals surface area contributed by atoms with Gasteiger partial charge in [0.15, 0.2) is 11.5 Å². The van der Waals surface area contributed by atoms with E-state index in [2.05, 4.69) is 25.8 Å². The second-order valence-corrected chi connectivity index (χ2v) is 7.11. The number of carbonyl (C=O) groups excluding carboxylic acids is 1. The molecule has 0 unspecified atom stereocenters. The Morgan fingerprint density at radius 3 is 2.59 bits per heavy atom. The smallest absolute Gasteiger partial charge is 0.382 e. The van der Waals surface area contributed by atoms with Crippen molar-refractivity contribution in [3.05, 3.63) is 41.9 Å². The summed E-state index contributed by atoms with van der Waals surface area (Å²) < 4.78 is 40.3. The van der Waals surface area contributed by atoms with Gasteiger partial charge >= 0.3 is 6.18 Å². The number of rotatable bonds is 4. The van der Waals surface area contributed by atoms with Crippen LogP contribution in [0.1, 0.15) is 41.7 Å². The minimum absolute atomic E-state index is 0.00993. The maximum atomic E-state index is 12.9. The summed E-state index contributed by atoms with van der Waals surface area (Å²) in [6.07, 6.45) is 0.991. The van der Waals surface area contributed by atoms with Crippen molar-refractivity contribution in [1.29, 1.82) is 0 Å². The van der Waals surface area contributed by atoms with Crippen molar-refractivity contribution in [2.24, 2.45) is 0 Å². The van der Waals surface area contributed by atoms with E-state index in [9.17, 15) is 18.0 Å². The van der Waals surface area contributed by atoms with E-state index < -0.39 is 11.9 Å². The van der Waals surface area contributed by atoms with Gasteiger partial charge in [0.1, 0.15) is 17.0 Å². The Morgan fingerprint density at radius 1 is 1.21 bits per heavy atom. The lowest BCUT2D eigenvalue weighted by Gasteiger charge is -2.30. The molecule has 1 fully saturated rings.